The van der Waals surface area contributed by atoms with E-state index in [0.717, 1.165) is 5.56 Å². The summed E-state index contributed by atoms with van der Waals surface area (Å²) < 4.78 is 23.7. The summed E-state index contributed by atoms with van der Waals surface area (Å²) in [5.74, 6) is 2.72. The van der Waals surface area contributed by atoms with Gasteiger partial charge in [-0.05, 0) is 29.8 Å². The number of ether oxygens (including phenoxy) is 4. The summed E-state index contributed by atoms with van der Waals surface area (Å²) in [7, 11) is 4.10. The van der Waals surface area contributed by atoms with Gasteiger partial charge in [-0.1, -0.05) is 23.7 Å². The number of methoxy groups -OCH3 is 3. The topological polar surface area (TPSA) is 92.0 Å². The average molecular weight is 558 g/mol. The minimum Gasteiger partial charge on any atom is -0.503 e. The molecule has 8 nitrogen and oxygen atoms in total. The van der Waals surface area contributed by atoms with Crippen LogP contribution < -0.4 is 24.5 Å². The highest BCUT2D eigenvalue weighted by molar-refractivity contribution is 7.96. The van der Waals surface area contributed by atoms with E-state index in [1.54, 1.807) is 62.4 Å². The number of halogens is 1. The lowest BCUT2D eigenvalue weighted by Crippen LogP contribution is -2.28. The van der Waals surface area contributed by atoms with E-state index in [4.69, 9.17) is 30.5 Å². The highest BCUT2D eigenvalue weighted by Crippen LogP contribution is 2.40. The van der Waals surface area contributed by atoms with Crippen LogP contribution in [0.5, 0.6) is 28.7 Å². The third kappa shape index (κ3) is 5.79. The molecule has 200 valence electrons. The summed E-state index contributed by atoms with van der Waals surface area (Å²) in [5, 5.41) is 12.2. The van der Waals surface area contributed by atoms with E-state index in [9.17, 15) is 9.90 Å². The molecule has 1 N–H and O–H groups in total. The Morgan fingerprint density at radius 3 is 2.42 bits per heavy atom. The number of rotatable bonds is 11. The normalized spacial score (nSPS) is 11.8. The van der Waals surface area contributed by atoms with Gasteiger partial charge >= 0.3 is 5.56 Å². The minimum absolute atomic E-state index is 0.0168. The van der Waals surface area contributed by atoms with E-state index in [-0.39, 0.29) is 11.3 Å². The molecule has 0 aliphatic rings. The second-order valence-electron chi connectivity index (χ2n) is 8.48. The zero-order valence-electron chi connectivity index (χ0n) is 21.7. The fraction of sp³-hybridized carbons (Fsp3) is 0.286. The molecule has 0 amide bonds. The van der Waals surface area contributed by atoms with Gasteiger partial charge in [-0.3, -0.25) is 9.36 Å². The summed E-state index contributed by atoms with van der Waals surface area (Å²) in [6, 6.07) is 14.4. The number of hydrogen-bond donors (Lipinski definition) is 1. The number of pyridine rings is 2. The van der Waals surface area contributed by atoms with Crippen molar-refractivity contribution in [2.24, 2.45) is 0 Å². The van der Waals surface area contributed by atoms with Gasteiger partial charge in [0.05, 0.1) is 39.9 Å². The summed E-state index contributed by atoms with van der Waals surface area (Å²) in [6.45, 7) is 0.699. The molecule has 0 spiro atoms. The van der Waals surface area contributed by atoms with Crippen LogP contribution >= 0.6 is 11.6 Å². The first kappa shape index (κ1) is 27.5. The highest BCUT2D eigenvalue weighted by atomic mass is 35.5. The zero-order chi connectivity index (χ0) is 27.2. The molecule has 0 bridgehead atoms. The molecule has 1 unspecified atom stereocenters. The Morgan fingerprint density at radius 2 is 1.76 bits per heavy atom. The number of nitrogens with zero attached hydrogens (tertiary/aromatic N) is 2. The fourth-order valence-corrected chi connectivity index (χ4v) is 6.04. The smallest absolute Gasteiger partial charge is 0.311 e. The first-order valence-corrected chi connectivity index (χ1v) is 14.1. The number of hydrogen-bond acceptors (Lipinski definition) is 7. The van der Waals surface area contributed by atoms with Gasteiger partial charge in [-0.15, -0.1) is 0 Å². The number of benzene rings is 2. The SMILES string of the molecule is COc1cc(OCCC[S+](C)c2c(O)c3cccnc3n(Cc3cccc(Cl)c3)c2=O)cc(OC)c1OC. The molecule has 0 saturated heterocycles. The monoisotopic (exact) mass is 557 g/mol. The summed E-state index contributed by atoms with van der Waals surface area (Å²) in [4.78, 5) is 18.4. The molecule has 4 aromatic rings. The third-order valence-corrected chi connectivity index (χ3v) is 8.23. The molecule has 2 aromatic heterocycles. The molecular formula is C28H30ClN2O6S+. The Hall–Kier alpha value is -3.56. The van der Waals surface area contributed by atoms with E-state index in [0.29, 0.717) is 69.3 Å². The second-order valence-corrected chi connectivity index (χ2v) is 11.0. The van der Waals surface area contributed by atoms with Gasteiger partial charge < -0.3 is 24.1 Å². The van der Waals surface area contributed by atoms with Crippen molar-refractivity contribution in [1.29, 1.82) is 0 Å². The van der Waals surface area contributed by atoms with E-state index in [1.165, 1.54) is 0 Å². The average Bonchev–Trinajstić information content (AvgIpc) is 2.92. The summed E-state index contributed by atoms with van der Waals surface area (Å²) >= 11 is 6.17. The van der Waals surface area contributed by atoms with Crippen LogP contribution in [0.3, 0.4) is 0 Å². The molecule has 0 fully saturated rings. The number of aromatic nitrogens is 2. The van der Waals surface area contributed by atoms with Crippen molar-refractivity contribution in [3.63, 3.8) is 0 Å². The molecular weight excluding hydrogens is 528 g/mol. The van der Waals surface area contributed by atoms with Gasteiger partial charge in [0.25, 0.3) is 4.90 Å². The molecule has 1 atom stereocenters. The first-order valence-electron chi connectivity index (χ1n) is 11.9. The molecule has 2 aromatic carbocycles. The van der Waals surface area contributed by atoms with Crippen LogP contribution in [0.25, 0.3) is 11.0 Å². The maximum atomic E-state index is 13.7. The molecule has 0 radical (unpaired) electrons. The quantitative estimate of drug-likeness (QED) is 0.207. The number of aromatic hydroxyl groups is 1. The molecule has 4 rings (SSSR count). The lowest BCUT2D eigenvalue weighted by molar-refractivity contribution is 0.299. The van der Waals surface area contributed by atoms with Crippen molar-refractivity contribution in [3.05, 3.63) is 75.7 Å². The van der Waals surface area contributed by atoms with Crippen molar-refractivity contribution in [1.82, 2.24) is 9.55 Å². The molecule has 0 saturated carbocycles. The molecule has 0 aliphatic carbocycles. The Morgan fingerprint density at radius 1 is 1.03 bits per heavy atom. The lowest BCUT2D eigenvalue weighted by Gasteiger charge is -2.15. The maximum Gasteiger partial charge on any atom is 0.311 e. The van der Waals surface area contributed by atoms with Gasteiger partial charge in [0, 0.05) is 40.7 Å². The molecule has 2 heterocycles. The predicted molar refractivity (Wildman–Crippen MR) is 151 cm³/mol. The van der Waals surface area contributed by atoms with Crippen molar-refractivity contribution in [2.75, 3.05) is 39.9 Å². The van der Waals surface area contributed by atoms with Crippen LogP contribution in [-0.2, 0) is 17.4 Å². The zero-order valence-corrected chi connectivity index (χ0v) is 23.3. The largest absolute Gasteiger partial charge is 0.503 e. The number of fused-ring (bicyclic) bond motifs is 1. The van der Waals surface area contributed by atoms with Crippen LogP contribution in [-0.4, -0.2) is 54.6 Å². The Kier molecular flexibility index (Phi) is 8.91. The molecule has 10 heteroatoms. The van der Waals surface area contributed by atoms with Gasteiger partial charge in [0.1, 0.15) is 23.4 Å². The molecule has 38 heavy (non-hydrogen) atoms. The van der Waals surface area contributed by atoms with E-state index >= 15 is 0 Å². The second kappa shape index (κ2) is 12.3. The maximum absolute atomic E-state index is 13.7. The van der Waals surface area contributed by atoms with Crippen molar-refractivity contribution in [3.8, 4) is 28.7 Å². The van der Waals surface area contributed by atoms with Crippen LogP contribution in [0.2, 0.25) is 5.02 Å². The van der Waals surface area contributed by atoms with Crippen molar-refractivity contribution in [2.45, 2.75) is 17.9 Å². The first-order chi connectivity index (χ1) is 18.4. The van der Waals surface area contributed by atoms with Crippen molar-refractivity contribution >= 4 is 33.5 Å². The highest BCUT2D eigenvalue weighted by Gasteiger charge is 2.29. The van der Waals surface area contributed by atoms with Crippen LogP contribution in [0.1, 0.15) is 12.0 Å². The van der Waals surface area contributed by atoms with Gasteiger partial charge in [-0.2, -0.15) is 0 Å². The van der Waals surface area contributed by atoms with Gasteiger partial charge in [-0.25, -0.2) is 4.98 Å². The van der Waals surface area contributed by atoms with Crippen LogP contribution in [0, 0.1) is 0 Å². The summed E-state index contributed by atoms with van der Waals surface area (Å²) in [5.41, 5.74) is 1.05. The predicted octanol–water partition coefficient (Wildman–Crippen LogP) is 4.91. The standard InChI is InChI=1S/C28H29ClN2O6S/c1-34-22-15-20(16-23(35-2)25(22)36-3)37-12-7-13-38(4)26-24(32)21-10-6-11-30-27(21)31(28(26)33)17-18-8-5-9-19(29)14-18/h5-6,8-11,14-16H,7,12-13,17H2,1-4H3/p+1. The van der Waals surface area contributed by atoms with E-state index in [1.807, 2.05) is 24.5 Å². The third-order valence-electron chi connectivity index (χ3n) is 6.03. The fourth-order valence-electron chi connectivity index (χ4n) is 4.23. The Balaban J connectivity index is 1.54. The van der Waals surface area contributed by atoms with Gasteiger partial charge in [0.2, 0.25) is 5.75 Å². The van der Waals surface area contributed by atoms with Gasteiger partial charge in [0.15, 0.2) is 17.2 Å². The minimum atomic E-state index is -0.547. The van der Waals surface area contributed by atoms with Crippen LogP contribution in [0.4, 0.5) is 0 Å². The lowest BCUT2D eigenvalue weighted by atomic mass is 10.2. The Labute approximate surface area is 229 Å². The van der Waals surface area contributed by atoms with E-state index in [2.05, 4.69) is 4.98 Å². The van der Waals surface area contributed by atoms with Crippen molar-refractivity contribution < 1.29 is 24.1 Å². The van der Waals surface area contributed by atoms with Crippen LogP contribution in [0.15, 0.2) is 64.4 Å². The summed E-state index contributed by atoms with van der Waals surface area (Å²) in [6.07, 6.45) is 4.23. The van der Waals surface area contributed by atoms with E-state index < -0.39 is 10.9 Å². The molecule has 0 aliphatic heterocycles. The Bertz CT molecular complexity index is 1470.